The molecular formula is C15H22BrF3O2Si. The molecule has 0 radical (unpaired) electrons. The Morgan fingerprint density at radius 1 is 1.09 bits per heavy atom. The van der Waals surface area contributed by atoms with Gasteiger partial charge in [-0.05, 0) is 35.8 Å². The molecule has 0 aliphatic heterocycles. The summed E-state index contributed by atoms with van der Waals surface area (Å²) in [7, 11) is -1.96. The molecule has 1 rings (SSSR count). The van der Waals surface area contributed by atoms with Crippen molar-refractivity contribution in [1.29, 1.82) is 0 Å². The van der Waals surface area contributed by atoms with E-state index in [1.54, 1.807) is 12.1 Å². The third-order valence-corrected chi connectivity index (χ3v) is 8.94. The smallest absolute Gasteiger partial charge is 0.409 e. The largest absolute Gasteiger partial charge is 0.573 e. The molecule has 126 valence electrons. The van der Waals surface area contributed by atoms with Gasteiger partial charge in [0.2, 0.25) is 0 Å². The van der Waals surface area contributed by atoms with E-state index < -0.39 is 14.7 Å². The number of benzene rings is 1. The van der Waals surface area contributed by atoms with Crippen molar-refractivity contribution in [3.63, 3.8) is 0 Å². The van der Waals surface area contributed by atoms with Gasteiger partial charge in [0.25, 0.3) is 0 Å². The van der Waals surface area contributed by atoms with Crippen LogP contribution in [0, 0.1) is 0 Å². The second kappa shape index (κ2) is 6.92. The van der Waals surface area contributed by atoms with Crippen LogP contribution in [0.3, 0.4) is 0 Å². The maximum Gasteiger partial charge on any atom is 0.573 e. The molecule has 0 aliphatic rings. The van der Waals surface area contributed by atoms with Crippen LogP contribution in [-0.2, 0) is 4.43 Å². The van der Waals surface area contributed by atoms with Gasteiger partial charge >= 0.3 is 6.36 Å². The monoisotopic (exact) mass is 398 g/mol. The maximum atomic E-state index is 12.2. The van der Waals surface area contributed by atoms with Crippen LogP contribution in [0.2, 0.25) is 18.1 Å². The highest BCUT2D eigenvalue weighted by Gasteiger charge is 2.39. The highest BCUT2D eigenvalue weighted by Crippen LogP contribution is 2.40. The van der Waals surface area contributed by atoms with Gasteiger partial charge < -0.3 is 9.16 Å². The van der Waals surface area contributed by atoms with Gasteiger partial charge in [-0.1, -0.05) is 48.8 Å². The molecule has 0 heterocycles. The van der Waals surface area contributed by atoms with Gasteiger partial charge in [-0.3, -0.25) is 0 Å². The first-order valence-electron chi connectivity index (χ1n) is 6.95. The lowest BCUT2D eigenvalue weighted by atomic mass is 10.1. The number of alkyl halides is 4. The molecule has 0 saturated heterocycles. The molecule has 1 aromatic rings. The molecule has 2 nitrogen and oxygen atoms in total. The number of halogens is 4. The second-order valence-corrected chi connectivity index (χ2v) is 12.0. The van der Waals surface area contributed by atoms with Crippen LogP contribution in [0.4, 0.5) is 13.2 Å². The summed E-state index contributed by atoms with van der Waals surface area (Å²) in [5.74, 6) is -0.225. The summed E-state index contributed by atoms with van der Waals surface area (Å²) >= 11 is 3.43. The molecule has 0 fully saturated rings. The minimum Gasteiger partial charge on any atom is -0.409 e. The fraction of sp³-hybridized carbons (Fsp3) is 0.600. The Balaban J connectivity index is 2.88. The Labute approximate surface area is 139 Å². The van der Waals surface area contributed by atoms with Crippen LogP contribution in [0.15, 0.2) is 24.3 Å². The zero-order valence-electron chi connectivity index (χ0n) is 13.4. The third kappa shape index (κ3) is 5.59. The fourth-order valence-electron chi connectivity index (χ4n) is 1.61. The van der Waals surface area contributed by atoms with Crippen molar-refractivity contribution in [1.82, 2.24) is 0 Å². The predicted octanol–water partition coefficient (Wildman–Crippen LogP) is 6.04. The predicted molar refractivity (Wildman–Crippen MR) is 87.9 cm³/mol. The Bertz CT molecular complexity index is 481. The molecule has 0 aromatic heterocycles. The minimum atomic E-state index is -4.67. The number of rotatable bonds is 5. The van der Waals surface area contributed by atoms with Crippen molar-refractivity contribution < 1.29 is 22.3 Å². The summed E-state index contributed by atoms with van der Waals surface area (Å²) in [5, 5.41) is 0.645. The lowest BCUT2D eigenvalue weighted by Gasteiger charge is -2.39. The first-order valence-corrected chi connectivity index (χ1v) is 11.0. The van der Waals surface area contributed by atoms with E-state index in [0.717, 1.165) is 5.56 Å². The summed E-state index contributed by atoms with van der Waals surface area (Å²) in [4.78, 5) is 0. The molecule has 1 unspecified atom stereocenters. The van der Waals surface area contributed by atoms with Crippen LogP contribution in [0.5, 0.6) is 5.75 Å². The van der Waals surface area contributed by atoms with Crippen molar-refractivity contribution in [2.24, 2.45) is 0 Å². The molecule has 0 aliphatic carbocycles. The molecule has 0 spiro atoms. The zero-order chi connectivity index (χ0) is 17.2. The normalized spacial score (nSPS) is 14.8. The van der Waals surface area contributed by atoms with E-state index in [0.29, 0.717) is 5.33 Å². The van der Waals surface area contributed by atoms with Crippen molar-refractivity contribution >= 4 is 24.2 Å². The van der Waals surface area contributed by atoms with Crippen LogP contribution in [0.25, 0.3) is 0 Å². The number of ether oxygens (including phenoxy) is 1. The highest BCUT2D eigenvalue weighted by molar-refractivity contribution is 9.09. The van der Waals surface area contributed by atoms with Crippen molar-refractivity contribution in [2.45, 2.75) is 51.4 Å². The molecule has 1 atom stereocenters. The van der Waals surface area contributed by atoms with Gasteiger partial charge in [-0.25, -0.2) is 0 Å². The minimum absolute atomic E-state index is 0.0623. The van der Waals surface area contributed by atoms with Gasteiger partial charge in [0, 0.05) is 5.33 Å². The average Bonchev–Trinajstić information content (AvgIpc) is 2.34. The van der Waals surface area contributed by atoms with E-state index in [4.69, 9.17) is 4.43 Å². The molecule has 0 saturated carbocycles. The lowest BCUT2D eigenvalue weighted by Crippen LogP contribution is -2.42. The summed E-state index contributed by atoms with van der Waals surface area (Å²) in [5.41, 5.74) is 0.830. The van der Waals surface area contributed by atoms with Crippen LogP contribution >= 0.6 is 15.9 Å². The summed E-state index contributed by atoms with van der Waals surface area (Å²) in [6.45, 7) is 10.7. The molecule has 0 amide bonds. The molecule has 22 heavy (non-hydrogen) atoms. The van der Waals surface area contributed by atoms with E-state index in [9.17, 15) is 13.2 Å². The Morgan fingerprint density at radius 3 is 1.95 bits per heavy atom. The Hall–Kier alpha value is -0.533. The first kappa shape index (κ1) is 19.5. The Kier molecular flexibility index (Phi) is 6.14. The average molecular weight is 399 g/mol. The molecule has 0 bridgehead atoms. The van der Waals surface area contributed by atoms with Gasteiger partial charge in [0.05, 0.1) is 6.10 Å². The van der Waals surface area contributed by atoms with E-state index in [2.05, 4.69) is 54.5 Å². The standard InChI is InChI=1S/C15H22BrF3O2Si/c1-14(2,3)22(4,5)21-13(10-16)11-6-8-12(9-7-11)20-15(17,18)19/h6-9,13H,10H2,1-5H3. The molecular weight excluding hydrogens is 377 g/mol. The molecule has 7 heteroatoms. The van der Waals surface area contributed by atoms with E-state index in [1.807, 2.05) is 0 Å². The van der Waals surface area contributed by atoms with Crippen LogP contribution in [-0.4, -0.2) is 20.0 Å². The summed E-state index contributed by atoms with van der Waals surface area (Å²) in [6.07, 6.45) is -4.87. The quantitative estimate of drug-likeness (QED) is 0.444. The van der Waals surface area contributed by atoms with E-state index in [-0.39, 0.29) is 16.9 Å². The summed E-state index contributed by atoms with van der Waals surface area (Å²) < 4.78 is 46.7. The third-order valence-electron chi connectivity index (χ3n) is 3.87. The molecule has 0 N–H and O–H groups in total. The Morgan fingerprint density at radius 2 is 1.59 bits per heavy atom. The van der Waals surface area contributed by atoms with Crippen molar-refractivity contribution in [2.75, 3.05) is 5.33 Å². The number of hydrogen-bond acceptors (Lipinski definition) is 2. The topological polar surface area (TPSA) is 18.5 Å². The second-order valence-electron chi connectivity index (χ2n) is 6.64. The van der Waals surface area contributed by atoms with Gasteiger partial charge in [0.1, 0.15) is 5.75 Å². The van der Waals surface area contributed by atoms with Gasteiger partial charge in [-0.2, -0.15) is 0 Å². The zero-order valence-corrected chi connectivity index (χ0v) is 16.0. The number of hydrogen-bond donors (Lipinski definition) is 0. The SMILES string of the molecule is CC(C)(C)[Si](C)(C)OC(CBr)c1ccc(OC(F)(F)F)cc1. The van der Waals surface area contributed by atoms with Gasteiger partial charge in [-0.15, -0.1) is 13.2 Å². The van der Waals surface area contributed by atoms with Crippen LogP contribution < -0.4 is 4.74 Å². The highest BCUT2D eigenvalue weighted by atomic mass is 79.9. The van der Waals surface area contributed by atoms with Crippen molar-refractivity contribution in [3.05, 3.63) is 29.8 Å². The van der Waals surface area contributed by atoms with Crippen LogP contribution in [0.1, 0.15) is 32.4 Å². The maximum absolute atomic E-state index is 12.2. The van der Waals surface area contributed by atoms with E-state index in [1.165, 1.54) is 12.1 Å². The van der Waals surface area contributed by atoms with Gasteiger partial charge in [0.15, 0.2) is 8.32 Å². The van der Waals surface area contributed by atoms with E-state index >= 15 is 0 Å². The van der Waals surface area contributed by atoms with Crippen molar-refractivity contribution in [3.8, 4) is 5.75 Å². The fourth-order valence-corrected chi connectivity index (χ4v) is 3.64. The lowest BCUT2D eigenvalue weighted by molar-refractivity contribution is -0.274. The summed E-state index contributed by atoms with van der Waals surface area (Å²) in [6, 6.07) is 5.85. The molecule has 1 aromatic carbocycles. The first-order chi connectivity index (χ1) is 9.86.